The fourth-order valence-corrected chi connectivity index (χ4v) is 3.19. The zero-order chi connectivity index (χ0) is 25.7. The molecule has 0 aromatic heterocycles. The normalized spacial score (nSPS) is 10.9. The van der Waals surface area contributed by atoms with Crippen molar-refractivity contribution in [1.82, 2.24) is 5.32 Å². The average Bonchev–Trinajstić information content (AvgIpc) is 2.83. The first kappa shape index (κ1) is 29.9. The van der Waals surface area contributed by atoms with E-state index in [1.807, 2.05) is 0 Å². The van der Waals surface area contributed by atoms with Crippen LogP contribution in [-0.4, -0.2) is 13.1 Å². The van der Waals surface area contributed by atoms with E-state index < -0.39 is 57.7 Å². The highest BCUT2D eigenvalue weighted by Gasteiger charge is 2.29. The third-order valence-corrected chi connectivity index (χ3v) is 5.18. The Balaban J connectivity index is 0.000000365. The van der Waals surface area contributed by atoms with Gasteiger partial charge in [-0.05, 0) is 38.1 Å². The van der Waals surface area contributed by atoms with E-state index in [1.54, 1.807) is 0 Å². The van der Waals surface area contributed by atoms with Crippen LogP contribution >= 0.6 is 0 Å². The molecule has 1 nitrogen and oxygen atoms in total. The second-order valence-electron chi connectivity index (χ2n) is 7.89. The Bertz CT molecular complexity index is 860. The summed E-state index contributed by atoms with van der Waals surface area (Å²) in [4.78, 5) is 0. The predicted molar refractivity (Wildman–Crippen MR) is 117 cm³/mol. The van der Waals surface area contributed by atoms with Crippen molar-refractivity contribution in [3.63, 3.8) is 0 Å². The van der Waals surface area contributed by atoms with Crippen LogP contribution in [0.1, 0.15) is 71.6 Å². The minimum atomic E-state index is -2.44. The number of nitrogens with one attached hydrogen (secondary N) is 1. The van der Waals surface area contributed by atoms with Gasteiger partial charge < -0.3 is 5.32 Å². The number of benzene rings is 2. The molecular weight excluding hydrogens is 466 g/mol. The van der Waals surface area contributed by atoms with Crippen molar-refractivity contribution >= 4 is 0 Å². The molecule has 0 aliphatic heterocycles. The Morgan fingerprint density at radius 2 is 0.971 bits per heavy atom. The van der Waals surface area contributed by atoms with Gasteiger partial charge in [0.05, 0.1) is 5.56 Å². The van der Waals surface area contributed by atoms with Gasteiger partial charge in [0.2, 0.25) is 5.82 Å². The molecule has 0 radical (unpaired) electrons. The van der Waals surface area contributed by atoms with Crippen LogP contribution in [0.4, 0.5) is 35.1 Å². The third-order valence-electron chi connectivity index (χ3n) is 5.18. The Kier molecular flexibility index (Phi) is 13.8. The Morgan fingerprint density at radius 1 is 0.500 bits per heavy atom. The molecule has 34 heavy (non-hydrogen) atoms. The Labute approximate surface area is 195 Å². The fraction of sp³-hybridized carbons (Fsp3) is 0.520. The summed E-state index contributed by atoms with van der Waals surface area (Å²) >= 11 is 0. The number of rotatable bonds is 12. The predicted octanol–water partition coefficient (Wildman–Crippen LogP) is 8.59. The number of halogens is 8. The molecule has 0 saturated heterocycles. The van der Waals surface area contributed by atoms with Crippen LogP contribution in [0.15, 0.2) is 12.1 Å². The summed E-state index contributed by atoms with van der Waals surface area (Å²) in [6.07, 6.45) is 12.5. The van der Waals surface area contributed by atoms with Crippen molar-refractivity contribution in [3.8, 4) is 11.1 Å². The largest absolute Gasteiger partial charge is 0.317 e. The van der Waals surface area contributed by atoms with Crippen LogP contribution in [-0.2, 0) is 0 Å². The smallest absolute Gasteiger partial charge is 0.200 e. The maximum atomic E-state index is 13.4. The van der Waals surface area contributed by atoms with Crippen LogP contribution in [0.3, 0.4) is 0 Å². The third kappa shape index (κ3) is 8.56. The van der Waals surface area contributed by atoms with Gasteiger partial charge in [-0.15, -0.1) is 0 Å². The lowest BCUT2D eigenvalue weighted by molar-refractivity contribution is 0.380. The summed E-state index contributed by atoms with van der Waals surface area (Å²) in [6.45, 7) is 6.97. The van der Waals surface area contributed by atoms with E-state index >= 15 is 0 Å². The number of hydrogen-bond acceptors (Lipinski definition) is 1. The van der Waals surface area contributed by atoms with Crippen LogP contribution in [0.25, 0.3) is 11.1 Å². The van der Waals surface area contributed by atoms with E-state index in [-0.39, 0.29) is 0 Å². The van der Waals surface area contributed by atoms with E-state index in [1.165, 1.54) is 70.9 Å². The molecule has 0 fully saturated rings. The van der Waals surface area contributed by atoms with Crippen molar-refractivity contribution < 1.29 is 35.1 Å². The second kappa shape index (κ2) is 15.7. The van der Waals surface area contributed by atoms with E-state index in [4.69, 9.17) is 0 Å². The van der Waals surface area contributed by atoms with E-state index in [9.17, 15) is 35.1 Å². The summed E-state index contributed by atoms with van der Waals surface area (Å²) in [6, 6.07) is 0.665. The lowest BCUT2D eigenvalue weighted by atomic mass is 10.0. The lowest BCUT2D eigenvalue weighted by Crippen LogP contribution is -2.16. The molecule has 2 rings (SSSR count). The van der Waals surface area contributed by atoms with Crippen molar-refractivity contribution in [1.29, 1.82) is 0 Å². The van der Waals surface area contributed by atoms with Gasteiger partial charge >= 0.3 is 0 Å². The number of unbranched alkanes of at least 4 members (excludes halogenated alkanes) is 7. The highest BCUT2D eigenvalue weighted by Crippen LogP contribution is 2.34. The monoisotopic (exact) mass is 497 g/mol. The molecule has 0 aliphatic rings. The first-order chi connectivity index (χ1) is 16.2. The Morgan fingerprint density at radius 3 is 1.53 bits per heavy atom. The van der Waals surface area contributed by atoms with Crippen molar-refractivity contribution in [2.24, 2.45) is 0 Å². The molecule has 0 amide bonds. The van der Waals surface area contributed by atoms with Gasteiger partial charge in [0, 0.05) is 5.56 Å². The Hall–Kier alpha value is -2.16. The minimum Gasteiger partial charge on any atom is -0.317 e. The molecule has 2 aromatic rings. The lowest BCUT2D eigenvalue weighted by Gasteiger charge is -2.09. The number of hydrogen-bond donors (Lipinski definition) is 1. The van der Waals surface area contributed by atoms with Crippen molar-refractivity contribution in [3.05, 3.63) is 58.7 Å². The summed E-state index contributed by atoms with van der Waals surface area (Å²) < 4.78 is 105. The SMILES string of the molecule is CCCCCCCCCNCCCC.Fc1ccc(-c2c(F)c(F)c(F)c(F)c2F)c(F)c1F. The maximum absolute atomic E-state index is 13.4. The summed E-state index contributed by atoms with van der Waals surface area (Å²) in [5, 5.41) is 3.49. The first-order valence-corrected chi connectivity index (χ1v) is 11.5. The van der Waals surface area contributed by atoms with Gasteiger partial charge in [0.15, 0.2) is 40.7 Å². The fourth-order valence-electron chi connectivity index (χ4n) is 3.19. The quantitative estimate of drug-likeness (QED) is 0.134. The summed E-state index contributed by atoms with van der Waals surface area (Å²) in [5.41, 5.74) is -2.95. The van der Waals surface area contributed by atoms with Crippen LogP contribution < -0.4 is 5.32 Å². The molecule has 2 aromatic carbocycles. The van der Waals surface area contributed by atoms with Gasteiger partial charge in [0.25, 0.3) is 0 Å². The molecule has 0 atom stereocenters. The molecule has 0 heterocycles. The van der Waals surface area contributed by atoms with Crippen LogP contribution in [0.5, 0.6) is 0 Å². The van der Waals surface area contributed by atoms with Crippen LogP contribution in [0, 0.1) is 46.5 Å². The highest BCUT2D eigenvalue weighted by atomic mass is 19.2. The second-order valence-corrected chi connectivity index (χ2v) is 7.89. The topological polar surface area (TPSA) is 12.0 Å². The molecule has 0 saturated carbocycles. The van der Waals surface area contributed by atoms with E-state index in [2.05, 4.69) is 19.2 Å². The molecular formula is C25H31F8N. The van der Waals surface area contributed by atoms with Gasteiger partial charge in [-0.25, -0.2) is 35.1 Å². The maximum Gasteiger partial charge on any atom is 0.200 e. The average molecular weight is 498 g/mol. The summed E-state index contributed by atoms with van der Waals surface area (Å²) in [7, 11) is 0. The van der Waals surface area contributed by atoms with Gasteiger partial charge in [-0.2, -0.15) is 0 Å². The zero-order valence-electron chi connectivity index (χ0n) is 19.5. The molecule has 0 bridgehead atoms. The van der Waals surface area contributed by atoms with Gasteiger partial charge in [-0.1, -0.05) is 58.8 Å². The summed E-state index contributed by atoms with van der Waals surface area (Å²) in [5.74, 6) is -17.6. The minimum absolute atomic E-state index is 0.297. The van der Waals surface area contributed by atoms with Crippen LogP contribution in [0.2, 0.25) is 0 Å². The zero-order valence-corrected chi connectivity index (χ0v) is 19.5. The van der Waals surface area contributed by atoms with E-state index in [0.29, 0.717) is 12.1 Å². The first-order valence-electron chi connectivity index (χ1n) is 11.5. The van der Waals surface area contributed by atoms with E-state index in [0.717, 1.165) is 0 Å². The van der Waals surface area contributed by atoms with Crippen molar-refractivity contribution in [2.75, 3.05) is 13.1 Å². The van der Waals surface area contributed by atoms with Gasteiger partial charge in [0.1, 0.15) is 0 Å². The molecule has 0 spiro atoms. The molecule has 9 heteroatoms. The van der Waals surface area contributed by atoms with Crippen molar-refractivity contribution in [2.45, 2.75) is 71.6 Å². The van der Waals surface area contributed by atoms with Gasteiger partial charge in [-0.3, -0.25) is 0 Å². The molecule has 192 valence electrons. The molecule has 0 unspecified atom stereocenters. The molecule has 0 aliphatic carbocycles. The molecule has 1 N–H and O–H groups in total. The standard InChI is InChI=1S/C13H29N.C12H2F8/c1-3-5-7-8-9-10-11-13-14-12-6-4-2;13-4-2-1-3(6(14)7(4)15)5-8(16)10(18)12(20)11(19)9(5)17/h14H,3-13H2,1-2H3;1-2H. The highest BCUT2D eigenvalue weighted by molar-refractivity contribution is 5.66.